The number of nitrogens with two attached hydrogens (primary N) is 1. The van der Waals surface area contributed by atoms with Crippen LogP contribution in [0.15, 0.2) is 16.6 Å². The number of hydrogen-bond donors (Lipinski definition) is 2. The largest absolute Gasteiger partial charge is 0.492 e. The van der Waals surface area contributed by atoms with Crippen LogP contribution in [0, 0.1) is 12.8 Å². The molecule has 1 aromatic rings. The van der Waals surface area contributed by atoms with Gasteiger partial charge in [-0.3, -0.25) is 4.79 Å². The van der Waals surface area contributed by atoms with E-state index in [1.54, 1.807) is 0 Å². The number of carboxylic acids is 1. The first kappa shape index (κ1) is 16.3. The third kappa shape index (κ3) is 4.45. The molecule has 1 aromatic carbocycles. The SMILES string of the molecule is Cc1cc(Br)c(OCC2CCC2)c(C(N)CCC(=O)O)c1. The summed E-state index contributed by atoms with van der Waals surface area (Å²) >= 11 is 3.54. The van der Waals surface area contributed by atoms with E-state index < -0.39 is 5.97 Å². The number of benzene rings is 1. The fourth-order valence-electron chi connectivity index (χ4n) is 2.48. The molecule has 1 saturated carbocycles. The van der Waals surface area contributed by atoms with E-state index in [9.17, 15) is 4.79 Å². The molecule has 5 heteroatoms. The number of aliphatic carboxylic acids is 1. The second-order valence-electron chi connectivity index (χ2n) is 5.81. The number of carbonyl (C=O) groups is 1. The van der Waals surface area contributed by atoms with Gasteiger partial charge in [0.15, 0.2) is 0 Å². The zero-order valence-corrected chi connectivity index (χ0v) is 13.9. The molecule has 116 valence electrons. The number of aryl methyl sites for hydroxylation is 1. The molecule has 1 fully saturated rings. The van der Waals surface area contributed by atoms with Gasteiger partial charge in [-0.25, -0.2) is 0 Å². The minimum atomic E-state index is -0.825. The van der Waals surface area contributed by atoms with Gasteiger partial charge in [-0.15, -0.1) is 0 Å². The van der Waals surface area contributed by atoms with E-state index in [0.29, 0.717) is 18.9 Å². The van der Waals surface area contributed by atoms with Gasteiger partial charge in [0.2, 0.25) is 0 Å². The molecular weight excluding hydrogens is 334 g/mol. The van der Waals surface area contributed by atoms with Crippen LogP contribution >= 0.6 is 15.9 Å². The molecular formula is C16H22BrNO3. The third-order valence-electron chi connectivity index (χ3n) is 3.97. The summed E-state index contributed by atoms with van der Waals surface area (Å²) in [5.74, 6) is 0.584. The van der Waals surface area contributed by atoms with Crippen molar-refractivity contribution in [3.8, 4) is 5.75 Å². The summed E-state index contributed by atoms with van der Waals surface area (Å²) in [6.07, 6.45) is 4.21. The molecule has 0 bridgehead atoms. The van der Waals surface area contributed by atoms with Gasteiger partial charge in [-0.2, -0.15) is 0 Å². The van der Waals surface area contributed by atoms with Crippen molar-refractivity contribution in [1.82, 2.24) is 0 Å². The van der Waals surface area contributed by atoms with E-state index in [-0.39, 0.29) is 12.5 Å². The molecule has 1 atom stereocenters. The van der Waals surface area contributed by atoms with Crippen molar-refractivity contribution in [2.75, 3.05) is 6.61 Å². The van der Waals surface area contributed by atoms with Gasteiger partial charge >= 0.3 is 5.97 Å². The van der Waals surface area contributed by atoms with Crippen LogP contribution in [-0.2, 0) is 4.79 Å². The van der Waals surface area contributed by atoms with Crippen LogP contribution in [0.1, 0.15) is 49.3 Å². The molecule has 1 unspecified atom stereocenters. The van der Waals surface area contributed by atoms with E-state index in [1.807, 2.05) is 19.1 Å². The van der Waals surface area contributed by atoms with Crippen molar-refractivity contribution in [3.63, 3.8) is 0 Å². The molecule has 0 aromatic heterocycles. The number of ether oxygens (including phenoxy) is 1. The number of hydrogen-bond acceptors (Lipinski definition) is 3. The van der Waals surface area contributed by atoms with Gasteiger partial charge in [-0.05, 0) is 59.7 Å². The van der Waals surface area contributed by atoms with Crippen LogP contribution in [0.4, 0.5) is 0 Å². The number of carboxylic acid groups (broad SMARTS) is 1. The van der Waals surface area contributed by atoms with Crippen molar-refractivity contribution in [3.05, 3.63) is 27.7 Å². The van der Waals surface area contributed by atoms with E-state index in [2.05, 4.69) is 15.9 Å². The lowest BCUT2D eigenvalue weighted by Gasteiger charge is -2.27. The second-order valence-corrected chi connectivity index (χ2v) is 6.67. The highest BCUT2D eigenvalue weighted by Gasteiger charge is 2.21. The summed E-state index contributed by atoms with van der Waals surface area (Å²) in [4.78, 5) is 10.7. The summed E-state index contributed by atoms with van der Waals surface area (Å²) in [5.41, 5.74) is 8.14. The molecule has 1 aliphatic rings. The molecule has 0 aliphatic heterocycles. The van der Waals surface area contributed by atoms with Crippen LogP contribution in [0.3, 0.4) is 0 Å². The van der Waals surface area contributed by atoms with Crippen molar-refractivity contribution in [1.29, 1.82) is 0 Å². The highest BCUT2D eigenvalue weighted by Crippen LogP contribution is 2.37. The highest BCUT2D eigenvalue weighted by atomic mass is 79.9. The van der Waals surface area contributed by atoms with Crippen LogP contribution in [-0.4, -0.2) is 17.7 Å². The van der Waals surface area contributed by atoms with Crippen LogP contribution < -0.4 is 10.5 Å². The molecule has 0 amide bonds. The van der Waals surface area contributed by atoms with Gasteiger partial charge in [0.1, 0.15) is 5.75 Å². The molecule has 21 heavy (non-hydrogen) atoms. The Kier molecular flexibility index (Phi) is 5.65. The quantitative estimate of drug-likeness (QED) is 0.779. The monoisotopic (exact) mass is 355 g/mol. The maximum atomic E-state index is 10.7. The fraction of sp³-hybridized carbons (Fsp3) is 0.562. The summed E-state index contributed by atoms with van der Waals surface area (Å²) < 4.78 is 6.87. The summed E-state index contributed by atoms with van der Waals surface area (Å²) in [7, 11) is 0. The Bertz CT molecular complexity index is 514. The first-order valence-electron chi connectivity index (χ1n) is 7.37. The maximum absolute atomic E-state index is 10.7. The van der Waals surface area contributed by atoms with E-state index in [4.69, 9.17) is 15.6 Å². The lowest BCUT2D eigenvalue weighted by Crippen LogP contribution is -2.21. The van der Waals surface area contributed by atoms with Gasteiger partial charge in [0.05, 0.1) is 11.1 Å². The van der Waals surface area contributed by atoms with E-state index in [0.717, 1.165) is 21.3 Å². The molecule has 4 nitrogen and oxygen atoms in total. The number of halogens is 1. The Hall–Kier alpha value is -1.07. The Balaban J connectivity index is 2.13. The lowest BCUT2D eigenvalue weighted by molar-refractivity contribution is -0.137. The van der Waals surface area contributed by atoms with Gasteiger partial charge < -0.3 is 15.6 Å². The Morgan fingerprint density at radius 3 is 2.81 bits per heavy atom. The molecule has 0 saturated heterocycles. The van der Waals surface area contributed by atoms with Crippen LogP contribution in [0.5, 0.6) is 5.75 Å². The zero-order chi connectivity index (χ0) is 15.4. The normalized spacial score (nSPS) is 16.3. The molecule has 0 heterocycles. The van der Waals surface area contributed by atoms with E-state index in [1.165, 1.54) is 19.3 Å². The zero-order valence-electron chi connectivity index (χ0n) is 12.3. The Morgan fingerprint density at radius 2 is 2.24 bits per heavy atom. The first-order chi connectivity index (χ1) is 9.97. The predicted octanol–water partition coefficient (Wildman–Crippen LogP) is 3.80. The third-order valence-corrected chi connectivity index (χ3v) is 4.56. The average molecular weight is 356 g/mol. The van der Waals surface area contributed by atoms with Gasteiger partial charge in [0.25, 0.3) is 0 Å². The van der Waals surface area contributed by atoms with Crippen molar-refractivity contribution >= 4 is 21.9 Å². The van der Waals surface area contributed by atoms with Crippen LogP contribution in [0.2, 0.25) is 0 Å². The van der Waals surface area contributed by atoms with Crippen molar-refractivity contribution < 1.29 is 14.6 Å². The summed E-state index contributed by atoms with van der Waals surface area (Å²) in [6, 6.07) is 3.67. The smallest absolute Gasteiger partial charge is 0.303 e. The Labute approximate surface area is 133 Å². The molecule has 0 spiro atoms. The summed E-state index contributed by atoms with van der Waals surface area (Å²) in [6.45, 7) is 2.70. The number of rotatable bonds is 7. The highest BCUT2D eigenvalue weighted by molar-refractivity contribution is 9.10. The Morgan fingerprint density at radius 1 is 1.52 bits per heavy atom. The standard InChI is InChI=1S/C16H22BrNO3/c1-10-7-12(14(18)5-6-15(19)20)16(13(17)8-10)21-9-11-3-2-4-11/h7-8,11,14H,2-6,9,18H2,1H3,(H,19,20). The first-order valence-corrected chi connectivity index (χ1v) is 8.17. The molecule has 0 radical (unpaired) electrons. The maximum Gasteiger partial charge on any atom is 0.303 e. The van der Waals surface area contributed by atoms with E-state index >= 15 is 0 Å². The topological polar surface area (TPSA) is 72.5 Å². The minimum absolute atomic E-state index is 0.0643. The second kappa shape index (κ2) is 7.27. The van der Waals surface area contributed by atoms with Gasteiger partial charge in [0, 0.05) is 18.0 Å². The van der Waals surface area contributed by atoms with Gasteiger partial charge in [-0.1, -0.05) is 12.5 Å². The molecule has 1 aliphatic carbocycles. The predicted molar refractivity (Wildman–Crippen MR) is 85.5 cm³/mol. The lowest BCUT2D eigenvalue weighted by atomic mass is 9.86. The average Bonchev–Trinajstić information content (AvgIpc) is 2.35. The van der Waals surface area contributed by atoms with Crippen LogP contribution in [0.25, 0.3) is 0 Å². The fourth-order valence-corrected chi connectivity index (χ4v) is 3.18. The molecule has 3 N–H and O–H groups in total. The van der Waals surface area contributed by atoms with Crippen molar-refractivity contribution in [2.24, 2.45) is 11.7 Å². The molecule has 2 rings (SSSR count). The minimum Gasteiger partial charge on any atom is -0.492 e. The van der Waals surface area contributed by atoms with Crippen molar-refractivity contribution in [2.45, 2.75) is 45.1 Å². The summed E-state index contributed by atoms with van der Waals surface area (Å²) in [5, 5.41) is 8.81.